The first-order valence-electron chi connectivity index (χ1n) is 15.6. The zero-order chi connectivity index (χ0) is 34.6. The van der Waals surface area contributed by atoms with E-state index in [1.54, 1.807) is 32.4 Å². The molecule has 0 radical (unpaired) electrons. The van der Waals surface area contributed by atoms with E-state index in [0.29, 0.717) is 35.8 Å². The van der Waals surface area contributed by atoms with Gasteiger partial charge in [0, 0.05) is 52.6 Å². The maximum Gasteiger partial charge on any atom is 0.266 e. The van der Waals surface area contributed by atoms with Crippen LogP contribution in [0, 0.1) is 0 Å². The van der Waals surface area contributed by atoms with Gasteiger partial charge in [-0.15, -0.1) is 0 Å². The fourth-order valence-electron chi connectivity index (χ4n) is 5.53. The highest BCUT2D eigenvalue weighted by Crippen LogP contribution is 2.45. The number of halogens is 1. The van der Waals surface area contributed by atoms with Gasteiger partial charge in [0.1, 0.15) is 17.2 Å². The summed E-state index contributed by atoms with van der Waals surface area (Å²) in [6.45, 7) is 0.788. The Morgan fingerprint density at radius 3 is 2.37 bits per heavy atom. The number of aliphatic imine (C=N–C) groups is 1. The number of hydrogen-bond acceptors (Lipinski definition) is 9. The van der Waals surface area contributed by atoms with Gasteiger partial charge in [-0.05, 0) is 64.7 Å². The molecule has 13 heteroatoms. The number of azide groups is 1. The summed E-state index contributed by atoms with van der Waals surface area (Å²) in [6, 6.07) is 27.8. The molecule has 1 aliphatic rings. The number of hydrazine groups is 1. The van der Waals surface area contributed by atoms with E-state index >= 15 is 0 Å². The van der Waals surface area contributed by atoms with Crippen molar-refractivity contribution in [1.29, 1.82) is 0 Å². The quantitative estimate of drug-likeness (QED) is 0.0398. The molecule has 3 N–H and O–H groups in total. The first kappa shape index (κ1) is 35.2. The molecule has 4 aromatic rings. The maximum atomic E-state index is 14.7. The zero-order valence-corrected chi connectivity index (χ0v) is 28.7. The molecule has 0 spiro atoms. The van der Waals surface area contributed by atoms with E-state index in [0.717, 1.165) is 26.7 Å². The molecule has 0 saturated heterocycles. The minimum Gasteiger partial charge on any atom is -0.497 e. The molecule has 0 saturated carbocycles. The van der Waals surface area contributed by atoms with E-state index in [9.17, 15) is 4.79 Å². The fraction of sp³-hybridized carbons (Fsp3) is 0.278. The Balaban J connectivity index is 1.56. The number of aliphatic hydroxyl groups excluding tert-OH is 1. The van der Waals surface area contributed by atoms with Crippen LogP contribution in [-0.2, 0) is 29.0 Å². The molecule has 0 unspecified atom stereocenters. The summed E-state index contributed by atoms with van der Waals surface area (Å²) in [5.41, 5.74) is 17.3. The number of nitrogens with zero attached hydrogens (tertiary/aromatic N) is 4. The molecule has 1 heterocycles. The molecule has 4 aromatic carbocycles. The number of amides is 1. The van der Waals surface area contributed by atoms with Crippen LogP contribution in [0.3, 0.4) is 0 Å². The Hall–Kier alpha value is -5.07. The van der Waals surface area contributed by atoms with E-state index in [1.807, 2.05) is 72.8 Å². The minimum absolute atomic E-state index is 0.0396. The van der Waals surface area contributed by atoms with Crippen LogP contribution < -0.4 is 25.1 Å². The zero-order valence-electron chi connectivity index (χ0n) is 27.1. The van der Waals surface area contributed by atoms with Crippen molar-refractivity contribution < 1.29 is 28.8 Å². The highest BCUT2D eigenvalue weighted by Gasteiger charge is 2.54. The van der Waals surface area contributed by atoms with E-state index in [4.69, 9.17) is 34.6 Å². The Morgan fingerprint density at radius 1 is 1.00 bits per heavy atom. The Kier molecular flexibility index (Phi) is 12.1. The predicted octanol–water partition coefficient (Wildman–Crippen LogP) is 6.36. The van der Waals surface area contributed by atoms with Crippen molar-refractivity contribution in [3.63, 3.8) is 0 Å². The second kappa shape index (κ2) is 16.8. The van der Waals surface area contributed by atoms with Crippen molar-refractivity contribution in [2.24, 2.45) is 10.1 Å². The molecule has 0 fully saturated rings. The smallest absolute Gasteiger partial charge is 0.266 e. The Labute approximate surface area is 292 Å². The van der Waals surface area contributed by atoms with E-state index in [-0.39, 0.29) is 32.0 Å². The van der Waals surface area contributed by atoms with Crippen LogP contribution in [0.5, 0.6) is 17.2 Å². The molecule has 2 atom stereocenters. The van der Waals surface area contributed by atoms with Gasteiger partial charge in [-0.3, -0.25) is 10.2 Å². The van der Waals surface area contributed by atoms with Crippen LogP contribution in [0.2, 0.25) is 0 Å². The number of methoxy groups -OCH3 is 2. The number of ether oxygens (including phenoxy) is 4. The molecule has 1 aliphatic heterocycles. The predicted molar refractivity (Wildman–Crippen MR) is 188 cm³/mol. The SMILES string of the molecule is COc1cc(CNNC(=O)[C@@]2(Cc3ccccc3CN=[N+]=[N-])N=C(c3ccc(OCCCO)cc3)O[C@H]2c2ccccc2Br)cc(OC)c1. The number of hydrogen-bond donors (Lipinski definition) is 3. The van der Waals surface area contributed by atoms with Crippen molar-refractivity contribution in [2.45, 2.75) is 37.6 Å². The third-order valence-corrected chi connectivity index (χ3v) is 8.73. The van der Waals surface area contributed by atoms with Crippen LogP contribution in [0.15, 0.2) is 106 Å². The highest BCUT2D eigenvalue weighted by atomic mass is 79.9. The van der Waals surface area contributed by atoms with Crippen LogP contribution in [-0.4, -0.2) is 49.9 Å². The summed E-state index contributed by atoms with van der Waals surface area (Å²) in [5.74, 6) is 1.72. The normalized spacial score (nSPS) is 16.6. The lowest BCUT2D eigenvalue weighted by Gasteiger charge is -2.32. The average molecular weight is 730 g/mol. The number of benzene rings is 4. The largest absolute Gasteiger partial charge is 0.497 e. The van der Waals surface area contributed by atoms with Crippen molar-refractivity contribution in [3.8, 4) is 17.2 Å². The number of nitrogens with one attached hydrogen (secondary N) is 2. The molecular formula is C36H37BrN6O6. The molecule has 5 rings (SSSR count). The second-order valence-electron chi connectivity index (χ2n) is 11.2. The third kappa shape index (κ3) is 8.51. The number of rotatable bonds is 16. The Bertz CT molecular complexity index is 1810. The van der Waals surface area contributed by atoms with Crippen molar-refractivity contribution >= 4 is 27.7 Å². The van der Waals surface area contributed by atoms with Crippen LogP contribution >= 0.6 is 15.9 Å². The van der Waals surface area contributed by atoms with E-state index in [2.05, 4.69) is 36.8 Å². The number of carbonyl (C=O) groups excluding carboxylic acids is 1. The summed E-state index contributed by atoms with van der Waals surface area (Å²) < 4.78 is 23.9. The van der Waals surface area contributed by atoms with Gasteiger partial charge in [-0.25, -0.2) is 10.4 Å². The Morgan fingerprint density at radius 2 is 1.69 bits per heavy atom. The maximum absolute atomic E-state index is 14.7. The molecule has 0 bridgehead atoms. The van der Waals surface area contributed by atoms with Gasteiger partial charge in [-0.1, -0.05) is 63.5 Å². The van der Waals surface area contributed by atoms with E-state index < -0.39 is 17.6 Å². The first-order chi connectivity index (χ1) is 23.9. The van der Waals surface area contributed by atoms with Crippen LogP contribution in [0.1, 0.15) is 40.3 Å². The van der Waals surface area contributed by atoms with Crippen molar-refractivity contribution in [3.05, 3.63) is 134 Å². The van der Waals surface area contributed by atoms with Crippen LogP contribution in [0.4, 0.5) is 0 Å². The lowest BCUT2D eigenvalue weighted by molar-refractivity contribution is -0.130. The number of carbonyl (C=O) groups is 1. The summed E-state index contributed by atoms with van der Waals surface area (Å²) in [5, 5.41) is 12.9. The molecule has 0 aromatic heterocycles. The van der Waals surface area contributed by atoms with Gasteiger partial charge in [0.05, 0.1) is 27.4 Å². The molecule has 12 nitrogen and oxygen atoms in total. The van der Waals surface area contributed by atoms with Gasteiger partial charge in [0.2, 0.25) is 5.90 Å². The highest BCUT2D eigenvalue weighted by molar-refractivity contribution is 9.10. The minimum atomic E-state index is -1.51. The summed E-state index contributed by atoms with van der Waals surface area (Å²) in [4.78, 5) is 22.7. The summed E-state index contributed by atoms with van der Waals surface area (Å²) in [7, 11) is 3.15. The molecule has 1 amide bonds. The lowest BCUT2D eigenvalue weighted by Crippen LogP contribution is -2.53. The van der Waals surface area contributed by atoms with Crippen LogP contribution in [0.25, 0.3) is 10.4 Å². The van der Waals surface area contributed by atoms with Crippen molar-refractivity contribution in [1.82, 2.24) is 10.9 Å². The summed E-state index contributed by atoms with van der Waals surface area (Å²) >= 11 is 3.68. The third-order valence-electron chi connectivity index (χ3n) is 8.01. The lowest BCUT2D eigenvalue weighted by atomic mass is 9.81. The molecule has 0 aliphatic carbocycles. The average Bonchev–Trinajstić information content (AvgIpc) is 3.51. The van der Waals surface area contributed by atoms with Gasteiger partial charge in [0.15, 0.2) is 11.6 Å². The van der Waals surface area contributed by atoms with Gasteiger partial charge in [0.25, 0.3) is 5.91 Å². The molecule has 49 heavy (non-hydrogen) atoms. The monoisotopic (exact) mass is 728 g/mol. The van der Waals surface area contributed by atoms with E-state index in [1.165, 1.54) is 0 Å². The summed E-state index contributed by atoms with van der Waals surface area (Å²) in [6.07, 6.45) is -0.212. The number of aliphatic hydroxyl groups is 1. The van der Waals surface area contributed by atoms with Gasteiger partial charge < -0.3 is 24.1 Å². The van der Waals surface area contributed by atoms with Gasteiger partial charge >= 0.3 is 0 Å². The molecule has 254 valence electrons. The van der Waals surface area contributed by atoms with Gasteiger partial charge in [-0.2, -0.15) is 0 Å². The first-order valence-corrected chi connectivity index (χ1v) is 16.4. The fourth-order valence-corrected chi connectivity index (χ4v) is 6.03. The van der Waals surface area contributed by atoms with Crippen molar-refractivity contribution in [2.75, 3.05) is 27.4 Å². The standard InChI is InChI=1S/C36H37BrN6O6/c1-46-29-18-24(19-30(20-29)47-2)22-39-42-35(45)36(21-26-8-3-4-9-27(26)23-40-43-38)33(31-10-5-6-11-32(31)37)49-34(41-36)25-12-14-28(15-13-25)48-17-7-16-44/h3-6,8-15,18-20,33,39,44H,7,16-17,21-23H2,1-2H3,(H,42,45)/t33-,36-/m0/s1. The second-order valence-corrected chi connectivity index (χ2v) is 12.0. The molecular weight excluding hydrogens is 692 g/mol. The topological polar surface area (TPSA) is 159 Å².